The van der Waals surface area contributed by atoms with Crippen LogP contribution in [0, 0.1) is 12.8 Å². The molecule has 1 aliphatic heterocycles. The molecule has 1 unspecified atom stereocenters. The molecular weight excluding hydrogens is 440 g/mol. The number of nitrogens with one attached hydrogen (secondary N) is 1. The molecule has 30 heavy (non-hydrogen) atoms. The zero-order valence-electron chi connectivity index (χ0n) is 18.1. The van der Waals surface area contributed by atoms with Crippen molar-refractivity contribution in [1.82, 2.24) is 10.3 Å². The molecule has 0 spiro atoms. The van der Waals surface area contributed by atoms with E-state index in [4.69, 9.17) is 9.73 Å². The van der Waals surface area contributed by atoms with Crippen LogP contribution in [-0.2, 0) is 10.4 Å². The average Bonchev–Trinajstić information content (AvgIpc) is 3.11. The monoisotopic (exact) mass is 468 g/mol. The lowest BCUT2D eigenvalue weighted by Gasteiger charge is -2.40. The van der Waals surface area contributed by atoms with Gasteiger partial charge in [-0.15, -0.1) is 0 Å². The summed E-state index contributed by atoms with van der Waals surface area (Å²) >= 11 is 3.55. The molecule has 0 bridgehead atoms. The third-order valence-electron chi connectivity index (χ3n) is 6.50. The number of aliphatic imine (C=N–C) groups is 2. The molecule has 1 aromatic heterocycles. The van der Waals surface area contributed by atoms with E-state index in [0.717, 1.165) is 52.8 Å². The number of aromatic nitrogens is 1. The fraction of sp³-hybridized carbons (Fsp3) is 0.458. The van der Waals surface area contributed by atoms with Gasteiger partial charge in [0, 0.05) is 48.1 Å². The van der Waals surface area contributed by atoms with E-state index in [1.165, 1.54) is 11.1 Å². The zero-order valence-corrected chi connectivity index (χ0v) is 19.7. The van der Waals surface area contributed by atoms with Gasteiger partial charge >= 0.3 is 0 Å². The van der Waals surface area contributed by atoms with Crippen molar-refractivity contribution in [1.29, 1.82) is 0 Å². The molecule has 0 radical (unpaired) electrons. The van der Waals surface area contributed by atoms with Crippen molar-refractivity contribution in [2.45, 2.75) is 51.3 Å². The number of benzene rings is 1. The van der Waals surface area contributed by atoms with Crippen LogP contribution in [0.2, 0.25) is 0 Å². The predicted octanol–water partition coefficient (Wildman–Crippen LogP) is 5.27. The number of hydrogen-bond acceptors (Lipinski definition) is 4. The van der Waals surface area contributed by atoms with Gasteiger partial charge < -0.3 is 10.1 Å². The topological polar surface area (TPSA) is 58.9 Å². The third kappa shape index (κ3) is 3.83. The molecule has 1 fully saturated rings. The smallest absolute Gasteiger partial charge is 0.160 e. The van der Waals surface area contributed by atoms with Crippen molar-refractivity contribution >= 4 is 27.5 Å². The van der Waals surface area contributed by atoms with E-state index in [1.54, 1.807) is 0 Å². The first-order valence-electron chi connectivity index (χ1n) is 10.5. The summed E-state index contributed by atoms with van der Waals surface area (Å²) in [6, 6.07) is 8.75. The van der Waals surface area contributed by atoms with Crippen LogP contribution < -0.4 is 5.32 Å². The molecular formula is C24H29BrN4O. The van der Waals surface area contributed by atoms with Crippen LogP contribution in [0.25, 0.3) is 11.1 Å². The zero-order chi connectivity index (χ0) is 21.3. The molecule has 0 saturated heterocycles. The molecule has 6 heteroatoms. The molecule has 2 heterocycles. The Morgan fingerprint density at radius 3 is 2.50 bits per heavy atom. The molecule has 1 aromatic carbocycles. The summed E-state index contributed by atoms with van der Waals surface area (Å²) in [4.78, 5) is 14.1. The van der Waals surface area contributed by atoms with E-state index in [0.29, 0.717) is 12.0 Å². The second kappa shape index (κ2) is 8.60. The van der Waals surface area contributed by atoms with E-state index in [-0.39, 0.29) is 0 Å². The Kier molecular flexibility index (Phi) is 6.07. The van der Waals surface area contributed by atoms with E-state index in [2.05, 4.69) is 69.3 Å². The highest BCUT2D eigenvalue weighted by Gasteiger charge is 2.47. The second-order valence-corrected chi connectivity index (χ2v) is 9.21. The molecule has 2 aromatic rings. The average molecular weight is 469 g/mol. The van der Waals surface area contributed by atoms with Crippen LogP contribution >= 0.6 is 15.9 Å². The minimum absolute atomic E-state index is 0.351. The molecule has 1 saturated carbocycles. The van der Waals surface area contributed by atoms with Gasteiger partial charge in [0.25, 0.3) is 0 Å². The van der Waals surface area contributed by atoms with Gasteiger partial charge in [-0.1, -0.05) is 12.1 Å². The molecule has 4 rings (SSSR count). The summed E-state index contributed by atoms with van der Waals surface area (Å²) < 4.78 is 6.60. The Bertz CT molecular complexity index is 994. The summed E-state index contributed by atoms with van der Waals surface area (Å²) in [5, 5.41) is 3.73. The van der Waals surface area contributed by atoms with Gasteiger partial charge in [-0.25, -0.2) is 0 Å². The number of ether oxygens (including phenoxy) is 1. The first-order chi connectivity index (χ1) is 14.5. The van der Waals surface area contributed by atoms with Crippen LogP contribution in [0.5, 0.6) is 0 Å². The van der Waals surface area contributed by atoms with Crippen LogP contribution in [-0.4, -0.2) is 36.8 Å². The minimum atomic E-state index is -0.489. The van der Waals surface area contributed by atoms with Crippen molar-refractivity contribution in [2.75, 3.05) is 14.2 Å². The fourth-order valence-electron chi connectivity index (χ4n) is 4.87. The fourth-order valence-corrected chi connectivity index (χ4v) is 5.24. The largest absolute Gasteiger partial charge is 0.381 e. The summed E-state index contributed by atoms with van der Waals surface area (Å²) in [6.45, 7) is 4.23. The van der Waals surface area contributed by atoms with Crippen molar-refractivity contribution in [2.24, 2.45) is 15.9 Å². The summed E-state index contributed by atoms with van der Waals surface area (Å²) in [5.74, 6) is 1.27. The SMILES string of the molecule is CN=C1NC(c2cc(-c3cncc(Br)c3)ccc2C)(C2CCC(OC)CC2)N=C1C. The molecule has 1 atom stereocenters. The summed E-state index contributed by atoms with van der Waals surface area (Å²) in [7, 11) is 3.65. The molecule has 1 aliphatic carbocycles. The van der Waals surface area contributed by atoms with E-state index in [1.807, 2.05) is 26.6 Å². The Labute approximate surface area is 187 Å². The first-order valence-corrected chi connectivity index (χ1v) is 11.3. The highest BCUT2D eigenvalue weighted by Crippen LogP contribution is 2.45. The van der Waals surface area contributed by atoms with Crippen LogP contribution in [0.1, 0.15) is 43.7 Å². The van der Waals surface area contributed by atoms with Gasteiger partial charge in [0.1, 0.15) is 5.84 Å². The Balaban J connectivity index is 1.81. The Hall–Kier alpha value is -2.05. The molecule has 5 nitrogen and oxygen atoms in total. The minimum Gasteiger partial charge on any atom is -0.381 e. The Morgan fingerprint density at radius 1 is 1.10 bits per heavy atom. The molecule has 158 valence electrons. The number of rotatable bonds is 4. The number of hydrogen-bond donors (Lipinski definition) is 1. The van der Waals surface area contributed by atoms with Crippen LogP contribution in [0.15, 0.2) is 51.1 Å². The lowest BCUT2D eigenvalue weighted by atomic mass is 9.74. The van der Waals surface area contributed by atoms with Crippen molar-refractivity contribution in [3.8, 4) is 11.1 Å². The highest BCUT2D eigenvalue weighted by molar-refractivity contribution is 9.10. The summed E-state index contributed by atoms with van der Waals surface area (Å²) in [5.41, 5.74) is 5.17. The number of nitrogens with zero attached hydrogens (tertiary/aromatic N) is 3. The van der Waals surface area contributed by atoms with Gasteiger partial charge in [-0.3, -0.25) is 15.0 Å². The van der Waals surface area contributed by atoms with Crippen LogP contribution in [0.3, 0.4) is 0 Å². The van der Waals surface area contributed by atoms with Gasteiger partial charge in [-0.2, -0.15) is 0 Å². The molecule has 1 N–H and O–H groups in total. The van der Waals surface area contributed by atoms with Crippen molar-refractivity contribution in [3.63, 3.8) is 0 Å². The first kappa shape index (κ1) is 21.2. The standard InChI is InChI=1S/C24H29BrN4O/c1-15-5-6-17(18-11-20(25)14-27-13-18)12-22(15)24(28-16(2)23(26-3)29-24)19-7-9-21(30-4)10-8-19/h5-6,11-14,19,21H,7-10H2,1-4H3,(H,26,29). The predicted molar refractivity (Wildman–Crippen MR) is 126 cm³/mol. The van der Waals surface area contributed by atoms with Gasteiger partial charge in [0.15, 0.2) is 5.66 Å². The number of pyridine rings is 1. The highest BCUT2D eigenvalue weighted by atomic mass is 79.9. The van der Waals surface area contributed by atoms with Gasteiger partial charge in [0.2, 0.25) is 0 Å². The second-order valence-electron chi connectivity index (χ2n) is 8.29. The summed E-state index contributed by atoms with van der Waals surface area (Å²) in [6.07, 6.45) is 8.33. The molecule has 0 amide bonds. The van der Waals surface area contributed by atoms with Gasteiger partial charge in [-0.05, 0) is 78.7 Å². The number of halogens is 1. The number of aryl methyl sites for hydroxylation is 1. The van der Waals surface area contributed by atoms with E-state index >= 15 is 0 Å². The Morgan fingerprint density at radius 2 is 1.87 bits per heavy atom. The maximum atomic E-state index is 5.62. The van der Waals surface area contributed by atoms with Crippen molar-refractivity contribution < 1.29 is 4.74 Å². The van der Waals surface area contributed by atoms with E-state index < -0.39 is 5.66 Å². The molecule has 2 aliphatic rings. The van der Waals surface area contributed by atoms with Gasteiger partial charge in [0.05, 0.1) is 11.8 Å². The van der Waals surface area contributed by atoms with Crippen LogP contribution in [0.4, 0.5) is 0 Å². The lowest BCUT2D eigenvalue weighted by molar-refractivity contribution is 0.0395. The number of methoxy groups -OCH3 is 1. The maximum Gasteiger partial charge on any atom is 0.160 e. The number of amidine groups is 1. The van der Waals surface area contributed by atoms with Crippen molar-refractivity contribution in [3.05, 3.63) is 52.3 Å². The normalized spacial score (nSPS) is 27.8. The maximum absolute atomic E-state index is 5.62. The van der Waals surface area contributed by atoms with E-state index in [9.17, 15) is 0 Å². The third-order valence-corrected chi connectivity index (χ3v) is 6.94. The lowest BCUT2D eigenvalue weighted by Crippen LogP contribution is -2.48. The quantitative estimate of drug-likeness (QED) is 0.664.